The van der Waals surface area contributed by atoms with E-state index in [2.05, 4.69) is 46.8 Å². The summed E-state index contributed by atoms with van der Waals surface area (Å²) in [5.74, 6) is 1.12. The summed E-state index contributed by atoms with van der Waals surface area (Å²) < 4.78 is 2.23. The molecule has 4 nitrogen and oxygen atoms in total. The van der Waals surface area contributed by atoms with E-state index in [-0.39, 0.29) is 17.8 Å². The normalized spacial score (nSPS) is 16.5. The molecule has 1 aliphatic heterocycles. The molecule has 2 heterocycles. The van der Waals surface area contributed by atoms with Crippen LogP contribution in [0.5, 0.6) is 0 Å². The molecule has 0 spiro atoms. The molecule has 0 aliphatic carbocycles. The molecule has 1 unspecified atom stereocenters. The second kappa shape index (κ2) is 7.12. The van der Waals surface area contributed by atoms with Crippen LogP contribution in [-0.4, -0.2) is 32.3 Å². The summed E-state index contributed by atoms with van der Waals surface area (Å²) in [6.07, 6.45) is 3.73. The zero-order valence-corrected chi connectivity index (χ0v) is 15.6. The molecule has 0 saturated heterocycles. The number of rotatable bonds is 4. The fraction of sp³-hybridized carbons (Fsp3) is 0.333. The first-order chi connectivity index (χ1) is 12.7. The van der Waals surface area contributed by atoms with Crippen LogP contribution in [0.3, 0.4) is 0 Å². The fourth-order valence-corrected chi connectivity index (χ4v) is 4.00. The SMILES string of the molecule is Cc1cnc2n1CC(N(Cc1ccc3ccccc3c1)C(=O)CCl)CC2. The number of hydrogen-bond acceptors (Lipinski definition) is 2. The summed E-state index contributed by atoms with van der Waals surface area (Å²) in [6, 6.07) is 14.8. The van der Waals surface area contributed by atoms with Gasteiger partial charge in [-0.1, -0.05) is 36.4 Å². The highest BCUT2D eigenvalue weighted by Crippen LogP contribution is 2.24. The van der Waals surface area contributed by atoms with Crippen LogP contribution in [0.2, 0.25) is 0 Å². The average molecular weight is 368 g/mol. The minimum absolute atomic E-state index is 0.00829. The topological polar surface area (TPSA) is 38.1 Å². The van der Waals surface area contributed by atoms with E-state index in [1.54, 1.807) is 0 Å². The van der Waals surface area contributed by atoms with Crippen LogP contribution in [0.4, 0.5) is 0 Å². The molecule has 0 radical (unpaired) electrons. The Kier molecular flexibility index (Phi) is 4.68. The summed E-state index contributed by atoms with van der Waals surface area (Å²) >= 11 is 5.93. The number of halogens is 1. The monoisotopic (exact) mass is 367 g/mol. The van der Waals surface area contributed by atoms with Gasteiger partial charge in [0.25, 0.3) is 0 Å². The third kappa shape index (κ3) is 3.21. The second-order valence-electron chi connectivity index (χ2n) is 6.96. The van der Waals surface area contributed by atoms with Gasteiger partial charge in [-0.3, -0.25) is 4.79 Å². The first kappa shape index (κ1) is 17.1. The van der Waals surface area contributed by atoms with E-state index in [0.29, 0.717) is 6.54 Å². The Labute approximate surface area is 158 Å². The zero-order chi connectivity index (χ0) is 18.1. The molecule has 0 saturated carbocycles. The number of benzene rings is 2. The predicted octanol–water partition coefficient (Wildman–Crippen LogP) is 3.93. The first-order valence-corrected chi connectivity index (χ1v) is 9.53. The van der Waals surface area contributed by atoms with E-state index in [9.17, 15) is 4.79 Å². The molecule has 1 aromatic heterocycles. The number of carbonyl (C=O) groups is 1. The van der Waals surface area contributed by atoms with Gasteiger partial charge in [0.1, 0.15) is 11.7 Å². The van der Waals surface area contributed by atoms with Crippen LogP contribution in [0.15, 0.2) is 48.7 Å². The lowest BCUT2D eigenvalue weighted by atomic mass is 10.0. The van der Waals surface area contributed by atoms with Crippen molar-refractivity contribution in [3.05, 3.63) is 65.7 Å². The van der Waals surface area contributed by atoms with Gasteiger partial charge in [0.15, 0.2) is 0 Å². The number of aromatic nitrogens is 2. The molecule has 134 valence electrons. The molecule has 4 rings (SSSR count). The van der Waals surface area contributed by atoms with Crippen molar-refractivity contribution in [2.24, 2.45) is 0 Å². The number of hydrogen-bond donors (Lipinski definition) is 0. The smallest absolute Gasteiger partial charge is 0.238 e. The maximum atomic E-state index is 12.6. The van der Waals surface area contributed by atoms with Gasteiger partial charge < -0.3 is 9.47 Å². The van der Waals surface area contributed by atoms with Gasteiger partial charge in [-0.25, -0.2) is 4.98 Å². The van der Waals surface area contributed by atoms with Crippen LogP contribution < -0.4 is 0 Å². The Morgan fingerprint density at radius 2 is 2.08 bits per heavy atom. The van der Waals surface area contributed by atoms with Crippen LogP contribution in [0.1, 0.15) is 23.5 Å². The molecule has 5 heteroatoms. The number of imidazole rings is 1. The van der Waals surface area contributed by atoms with E-state index < -0.39 is 0 Å². The minimum atomic E-state index is -0.00829. The summed E-state index contributed by atoms with van der Waals surface area (Å²) in [5.41, 5.74) is 2.28. The lowest BCUT2D eigenvalue weighted by molar-refractivity contribution is -0.132. The van der Waals surface area contributed by atoms with E-state index in [4.69, 9.17) is 11.6 Å². The molecule has 3 aromatic rings. The number of nitrogens with zero attached hydrogens (tertiary/aromatic N) is 3. The van der Waals surface area contributed by atoms with Gasteiger partial charge in [-0.2, -0.15) is 0 Å². The highest BCUT2D eigenvalue weighted by atomic mass is 35.5. The summed E-state index contributed by atoms with van der Waals surface area (Å²) in [6.45, 7) is 3.44. The summed E-state index contributed by atoms with van der Waals surface area (Å²) in [4.78, 5) is 19.0. The van der Waals surface area contributed by atoms with E-state index in [0.717, 1.165) is 36.5 Å². The van der Waals surface area contributed by atoms with Crippen LogP contribution in [-0.2, 0) is 24.3 Å². The molecular formula is C21H22ClN3O. The molecule has 1 atom stereocenters. The molecule has 0 N–H and O–H groups in total. The number of fused-ring (bicyclic) bond motifs is 2. The largest absolute Gasteiger partial charge is 0.333 e. The van der Waals surface area contributed by atoms with Crippen LogP contribution >= 0.6 is 11.6 Å². The van der Waals surface area contributed by atoms with Crippen molar-refractivity contribution in [2.45, 2.75) is 38.9 Å². The summed E-state index contributed by atoms with van der Waals surface area (Å²) in [5, 5.41) is 2.41. The van der Waals surface area contributed by atoms with Gasteiger partial charge in [-0.15, -0.1) is 11.6 Å². The lowest BCUT2D eigenvalue weighted by Gasteiger charge is -2.35. The van der Waals surface area contributed by atoms with Crippen molar-refractivity contribution in [3.63, 3.8) is 0 Å². The highest BCUT2D eigenvalue weighted by Gasteiger charge is 2.28. The molecule has 26 heavy (non-hydrogen) atoms. The quantitative estimate of drug-likeness (QED) is 0.655. The average Bonchev–Trinajstić information content (AvgIpc) is 3.05. The standard InChI is InChI=1S/C21H22ClN3O/c1-15-12-23-20-9-8-19(14-24(15)20)25(21(26)11-22)13-16-6-7-17-4-2-3-5-18(17)10-16/h2-7,10,12,19H,8-9,11,13-14H2,1H3. The maximum Gasteiger partial charge on any atom is 0.238 e. The Bertz CT molecular complexity index is 949. The molecule has 2 aromatic carbocycles. The lowest BCUT2D eigenvalue weighted by Crippen LogP contribution is -2.45. The Balaban J connectivity index is 1.60. The van der Waals surface area contributed by atoms with Gasteiger partial charge in [0, 0.05) is 31.4 Å². The highest BCUT2D eigenvalue weighted by molar-refractivity contribution is 6.27. The molecular weight excluding hydrogens is 346 g/mol. The van der Waals surface area contributed by atoms with Crippen molar-refractivity contribution < 1.29 is 4.79 Å². The number of alkyl halides is 1. The van der Waals surface area contributed by atoms with E-state index in [1.807, 2.05) is 23.2 Å². The van der Waals surface area contributed by atoms with E-state index in [1.165, 1.54) is 10.8 Å². The minimum Gasteiger partial charge on any atom is -0.333 e. The zero-order valence-electron chi connectivity index (χ0n) is 14.9. The maximum absolute atomic E-state index is 12.6. The molecule has 1 aliphatic rings. The molecule has 0 bridgehead atoms. The van der Waals surface area contributed by atoms with Crippen LogP contribution in [0.25, 0.3) is 10.8 Å². The van der Waals surface area contributed by atoms with Crippen molar-refractivity contribution in [1.82, 2.24) is 14.5 Å². The molecule has 0 fully saturated rings. The first-order valence-electron chi connectivity index (χ1n) is 9.00. The van der Waals surface area contributed by atoms with Gasteiger partial charge in [0.2, 0.25) is 5.91 Å². The van der Waals surface area contributed by atoms with Gasteiger partial charge in [0.05, 0.1) is 6.04 Å². The van der Waals surface area contributed by atoms with Crippen molar-refractivity contribution >= 4 is 28.3 Å². The van der Waals surface area contributed by atoms with E-state index >= 15 is 0 Å². The summed E-state index contributed by atoms with van der Waals surface area (Å²) in [7, 11) is 0. The Morgan fingerprint density at radius 3 is 2.88 bits per heavy atom. The van der Waals surface area contributed by atoms with Crippen molar-refractivity contribution in [3.8, 4) is 0 Å². The second-order valence-corrected chi connectivity index (χ2v) is 7.22. The number of amides is 1. The third-order valence-corrected chi connectivity index (χ3v) is 5.50. The number of aryl methyl sites for hydroxylation is 2. The van der Waals surface area contributed by atoms with Gasteiger partial charge in [-0.05, 0) is 35.7 Å². The molecule has 1 amide bonds. The Hall–Kier alpha value is -2.33. The van der Waals surface area contributed by atoms with Crippen molar-refractivity contribution in [2.75, 3.05) is 5.88 Å². The van der Waals surface area contributed by atoms with Gasteiger partial charge >= 0.3 is 0 Å². The van der Waals surface area contributed by atoms with Crippen LogP contribution in [0, 0.1) is 6.92 Å². The fourth-order valence-electron chi connectivity index (χ4n) is 3.84. The third-order valence-electron chi connectivity index (χ3n) is 5.27. The van der Waals surface area contributed by atoms with Crippen molar-refractivity contribution in [1.29, 1.82) is 0 Å². The predicted molar refractivity (Wildman–Crippen MR) is 104 cm³/mol. The Morgan fingerprint density at radius 1 is 1.27 bits per heavy atom. The number of carbonyl (C=O) groups excluding carboxylic acids is 1.